The molecular weight excluding hydrogens is 323 g/mol. The van der Waals surface area contributed by atoms with Gasteiger partial charge in [-0.1, -0.05) is 35.3 Å². The summed E-state index contributed by atoms with van der Waals surface area (Å²) in [6.07, 6.45) is 0. The fraction of sp³-hybridized carbons (Fsp3) is 0.375. The van der Waals surface area contributed by atoms with Crippen molar-refractivity contribution in [1.82, 2.24) is 4.90 Å². The molecule has 3 atom stereocenters. The first-order valence-corrected chi connectivity index (χ1v) is 8.45. The van der Waals surface area contributed by atoms with Gasteiger partial charge >= 0.3 is 0 Å². The second-order valence-corrected chi connectivity index (χ2v) is 7.52. The van der Waals surface area contributed by atoms with E-state index in [-0.39, 0.29) is 18.1 Å². The summed E-state index contributed by atoms with van der Waals surface area (Å²) in [4.78, 5) is 3.48. The van der Waals surface area contributed by atoms with Crippen molar-refractivity contribution in [2.24, 2.45) is 5.73 Å². The van der Waals surface area contributed by atoms with E-state index in [1.807, 2.05) is 25.1 Å². The normalized spacial score (nSPS) is 16.0. The first-order chi connectivity index (χ1) is 9.90. The van der Waals surface area contributed by atoms with Crippen LogP contribution in [0.15, 0.2) is 36.4 Å². The van der Waals surface area contributed by atoms with Gasteiger partial charge in [0.1, 0.15) is 0 Å². The van der Waals surface area contributed by atoms with Crippen LogP contribution in [0.3, 0.4) is 0 Å². The summed E-state index contributed by atoms with van der Waals surface area (Å²) in [5, 5.41) is 0.752. The van der Waals surface area contributed by atoms with Crippen molar-refractivity contribution in [2.75, 3.05) is 7.05 Å². The molecule has 0 spiro atoms. The third kappa shape index (κ3) is 3.99. The van der Waals surface area contributed by atoms with Crippen LogP contribution in [0.1, 0.15) is 36.4 Å². The van der Waals surface area contributed by atoms with Gasteiger partial charge in [-0.2, -0.15) is 0 Å². The van der Waals surface area contributed by atoms with Gasteiger partial charge in [-0.25, -0.2) is 0 Å². The van der Waals surface area contributed by atoms with Crippen molar-refractivity contribution in [2.45, 2.75) is 32.0 Å². The van der Waals surface area contributed by atoms with Gasteiger partial charge in [0.25, 0.3) is 0 Å². The van der Waals surface area contributed by atoms with Crippen LogP contribution >= 0.6 is 34.5 Å². The zero-order chi connectivity index (χ0) is 15.6. The van der Waals surface area contributed by atoms with Crippen molar-refractivity contribution < 1.29 is 0 Å². The zero-order valence-electron chi connectivity index (χ0n) is 12.4. The Kier molecular flexibility index (Phi) is 5.69. The quantitative estimate of drug-likeness (QED) is 0.815. The molecule has 5 heteroatoms. The number of likely N-dealkylation sites (N-methyl/N-ethyl adjacent to an activating group) is 1. The fourth-order valence-corrected chi connectivity index (χ4v) is 3.99. The summed E-state index contributed by atoms with van der Waals surface area (Å²) in [6.45, 7) is 4.21. The predicted molar refractivity (Wildman–Crippen MR) is 93.3 cm³/mol. The highest BCUT2D eigenvalue weighted by molar-refractivity contribution is 7.16. The number of rotatable bonds is 5. The molecular formula is C16H20Cl2N2S. The SMILES string of the molecule is CC(N)C(c1ccc(Cl)s1)N(C)C(C)c1ccc(Cl)cc1. The average Bonchev–Trinajstić information content (AvgIpc) is 2.84. The number of hydrogen-bond donors (Lipinski definition) is 1. The minimum Gasteiger partial charge on any atom is -0.326 e. The van der Waals surface area contributed by atoms with Gasteiger partial charge in [0.2, 0.25) is 0 Å². The number of nitrogens with zero attached hydrogens (tertiary/aromatic N) is 1. The standard InChI is InChI=1S/C16H20Cl2N2S/c1-10(19)16(14-8-9-15(18)21-14)20(3)11(2)12-4-6-13(17)7-5-12/h4-11,16H,19H2,1-3H3. The van der Waals surface area contributed by atoms with Crippen molar-refractivity contribution in [3.8, 4) is 0 Å². The molecule has 0 amide bonds. The molecule has 2 nitrogen and oxygen atoms in total. The van der Waals surface area contributed by atoms with Gasteiger partial charge in [-0.15, -0.1) is 11.3 Å². The lowest BCUT2D eigenvalue weighted by atomic mass is 10.0. The van der Waals surface area contributed by atoms with Crippen LogP contribution in [0.5, 0.6) is 0 Å². The Balaban J connectivity index is 2.25. The Labute approximate surface area is 140 Å². The minimum absolute atomic E-state index is 0.0134. The molecule has 2 N–H and O–H groups in total. The highest BCUT2D eigenvalue weighted by Gasteiger charge is 2.26. The number of halogens is 2. The third-order valence-electron chi connectivity index (χ3n) is 3.79. The molecule has 0 aliphatic heterocycles. The summed E-state index contributed by atoms with van der Waals surface area (Å²) in [5.41, 5.74) is 7.44. The van der Waals surface area contributed by atoms with Crippen LogP contribution in [0.4, 0.5) is 0 Å². The Bertz CT molecular complexity index is 580. The van der Waals surface area contributed by atoms with Gasteiger partial charge in [0.15, 0.2) is 0 Å². The molecule has 2 aromatic rings. The van der Waals surface area contributed by atoms with Crippen LogP contribution < -0.4 is 5.73 Å². The molecule has 0 saturated heterocycles. The lowest BCUT2D eigenvalue weighted by molar-refractivity contribution is 0.168. The lowest BCUT2D eigenvalue weighted by Crippen LogP contribution is -2.38. The molecule has 0 radical (unpaired) electrons. The number of hydrogen-bond acceptors (Lipinski definition) is 3. The first-order valence-electron chi connectivity index (χ1n) is 6.88. The number of thiophene rings is 1. The maximum Gasteiger partial charge on any atom is 0.0931 e. The predicted octanol–water partition coefficient (Wildman–Crippen LogP) is 5.14. The molecule has 0 aliphatic rings. The van der Waals surface area contributed by atoms with Gasteiger partial charge in [-0.05, 0) is 50.7 Å². The van der Waals surface area contributed by atoms with E-state index in [4.69, 9.17) is 28.9 Å². The average molecular weight is 343 g/mol. The van der Waals surface area contributed by atoms with Gasteiger partial charge in [0.05, 0.1) is 10.4 Å². The summed E-state index contributed by atoms with van der Waals surface area (Å²) >= 11 is 13.6. The van der Waals surface area contributed by atoms with E-state index in [9.17, 15) is 0 Å². The highest BCUT2D eigenvalue weighted by atomic mass is 35.5. The van der Waals surface area contributed by atoms with E-state index in [0.29, 0.717) is 0 Å². The molecule has 21 heavy (non-hydrogen) atoms. The topological polar surface area (TPSA) is 29.3 Å². The van der Waals surface area contributed by atoms with E-state index in [1.165, 1.54) is 10.4 Å². The maximum atomic E-state index is 6.22. The first kappa shape index (κ1) is 16.8. The molecule has 0 bridgehead atoms. The van der Waals surface area contributed by atoms with Crippen molar-refractivity contribution in [3.63, 3.8) is 0 Å². The van der Waals surface area contributed by atoms with E-state index in [1.54, 1.807) is 11.3 Å². The molecule has 0 aliphatic carbocycles. The molecule has 1 aromatic carbocycles. The molecule has 1 aromatic heterocycles. The Morgan fingerprint density at radius 3 is 2.14 bits per heavy atom. The largest absolute Gasteiger partial charge is 0.326 e. The lowest BCUT2D eigenvalue weighted by Gasteiger charge is -2.35. The maximum absolute atomic E-state index is 6.22. The summed E-state index contributed by atoms with van der Waals surface area (Å²) in [7, 11) is 2.10. The second-order valence-electron chi connectivity index (χ2n) is 5.34. The molecule has 0 saturated carbocycles. The Morgan fingerprint density at radius 1 is 1.05 bits per heavy atom. The minimum atomic E-state index is 0.0134. The molecule has 1 heterocycles. The van der Waals surface area contributed by atoms with Gasteiger partial charge < -0.3 is 5.73 Å². The van der Waals surface area contributed by atoms with Gasteiger partial charge in [-0.3, -0.25) is 4.90 Å². The number of benzene rings is 1. The van der Waals surface area contributed by atoms with Crippen molar-refractivity contribution in [1.29, 1.82) is 0 Å². The van der Waals surface area contributed by atoms with Gasteiger partial charge in [0, 0.05) is 22.0 Å². The highest BCUT2D eigenvalue weighted by Crippen LogP contribution is 2.35. The summed E-state index contributed by atoms with van der Waals surface area (Å²) in [6, 6.07) is 12.3. The molecule has 0 fully saturated rings. The van der Waals surface area contributed by atoms with Crippen LogP contribution in [0.2, 0.25) is 9.36 Å². The van der Waals surface area contributed by atoms with E-state index < -0.39 is 0 Å². The van der Waals surface area contributed by atoms with E-state index in [0.717, 1.165) is 9.36 Å². The molecule has 114 valence electrons. The summed E-state index contributed by atoms with van der Waals surface area (Å²) < 4.78 is 0.795. The molecule has 3 unspecified atom stereocenters. The third-order valence-corrected chi connectivity index (χ3v) is 5.34. The van der Waals surface area contributed by atoms with Crippen molar-refractivity contribution >= 4 is 34.5 Å². The van der Waals surface area contributed by atoms with Crippen LogP contribution in [-0.2, 0) is 0 Å². The Morgan fingerprint density at radius 2 is 1.67 bits per heavy atom. The van der Waals surface area contributed by atoms with E-state index >= 15 is 0 Å². The van der Waals surface area contributed by atoms with Crippen LogP contribution in [0.25, 0.3) is 0 Å². The summed E-state index contributed by atoms with van der Waals surface area (Å²) in [5.74, 6) is 0. The zero-order valence-corrected chi connectivity index (χ0v) is 14.7. The second kappa shape index (κ2) is 7.12. The van der Waals surface area contributed by atoms with E-state index in [2.05, 4.69) is 37.1 Å². The Hall–Kier alpha value is -0.580. The smallest absolute Gasteiger partial charge is 0.0931 e. The van der Waals surface area contributed by atoms with Crippen molar-refractivity contribution in [3.05, 3.63) is 56.2 Å². The fourth-order valence-electron chi connectivity index (χ4n) is 2.54. The van der Waals surface area contributed by atoms with Crippen LogP contribution in [-0.4, -0.2) is 18.0 Å². The number of nitrogens with two attached hydrogens (primary N) is 1. The van der Waals surface area contributed by atoms with Crippen LogP contribution in [0, 0.1) is 0 Å². The monoisotopic (exact) mass is 342 g/mol. The molecule has 2 rings (SSSR count).